The van der Waals surface area contributed by atoms with Crippen LogP contribution in [0.15, 0.2) is 88.3 Å². The number of hydrogen-bond donors (Lipinski definition) is 1. The minimum atomic E-state index is -0.333. The van der Waals surface area contributed by atoms with Gasteiger partial charge in [-0.05, 0) is 76.7 Å². The zero-order valence-electron chi connectivity index (χ0n) is 20.9. The molecule has 4 rings (SSSR count). The molecule has 3 aromatic rings. The summed E-state index contributed by atoms with van der Waals surface area (Å²) in [6, 6.07) is 17.5. The van der Waals surface area contributed by atoms with Gasteiger partial charge in [0.05, 0.1) is 5.69 Å². The number of nitrogens with two attached hydrogens (primary N) is 1. The van der Waals surface area contributed by atoms with Crippen molar-refractivity contribution in [1.29, 1.82) is 0 Å². The number of benzene rings is 3. The van der Waals surface area contributed by atoms with Crippen molar-refractivity contribution in [2.45, 2.75) is 25.7 Å². The number of anilines is 1. The third kappa shape index (κ3) is 4.82. The number of nitrogen functional groups attached to an aromatic ring is 1. The van der Waals surface area contributed by atoms with Gasteiger partial charge in [0.15, 0.2) is 0 Å². The summed E-state index contributed by atoms with van der Waals surface area (Å²) < 4.78 is 15.4. The quantitative estimate of drug-likeness (QED) is 0.202. The van der Waals surface area contributed by atoms with Crippen molar-refractivity contribution in [1.82, 2.24) is 0 Å². The topological polar surface area (TPSA) is 63.1 Å². The lowest BCUT2D eigenvalue weighted by molar-refractivity contribution is 0.604. The van der Waals surface area contributed by atoms with Crippen LogP contribution < -0.4 is 5.73 Å². The van der Waals surface area contributed by atoms with Crippen LogP contribution in [0, 0.1) is 11.7 Å². The average molecular weight is 479 g/mol. The highest BCUT2D eigenvalue weighted by Crippen LogP contribution is 2.43. The Morgan fingerprint density at radius 2 is 1.86 bits per heavy atom. The first-order valence-corrected chi connectivity index (χ1v) is 12.0. The molecule has 0 bridgehead atoms. The average Bonchev–Trinajstić information content (AvgIpc) is 3.32. The van der Waals surface area contributed by atoms with Crippen LogP contribution in [0.5, 0.6) is 0 Å². The lowest BCUT2D eigenvalue weighted by atomic mass is 9.79. The highest BCUT2D eigenvalue weighted by atomic mass is 19.1. The van der Waals surface area contributed by atoms with Crippen molar-refractivity contribution in [2.24, 2.45) is 20.9 Å². The third-order valence-corrected chi connectivity index (χ3v) is 6.97. The number of nitrogens with zero attached hydrogens (tertiary/aromatic N) is 3. The molecule has 0 saturated heterocycles. The first-order chi connectivity index (χ1) is 17.4. The summed E-state index contributed by atoms with van der Waals surface area (Å²) in [6.07, 6.45) is 7.28. The van der Waals surface area contributed by atoms with E-state index >= 15 is 4.39 Å². The van der Waals surface area contributed by atoms with Gasteiger partial charge in [0.25, 0.3) is 0 Å². The molecule has 0 fully saturated rings. The molecule has 0 amide bonds. The van der Waals surface area contributed by atoms with E-state index in [-0.39, 0.29) is 23.6 Å². The second-order valence-electron chi connectivity index (χ2n) is 9.12. The molecule has 0 aromatic heterocycles. The van der Waals surface area contributed by atoms with E-state index in [1.165, 1.54) is 5.56 Å². The Hall–Kier alpha value is -4.12. The van der Waals surface area contributed by atoms with E-state index in [1.807, 2.05) is 48.5 Å². The first-order valence-electron chi connectivity index (χ1n) is 12.0. The van der Waals surface area contributed by atoms with Crippen molar-refractivity contribution in [3.05, 3.63) is 107 Å². The molecule has 2 N–H and O–H groups in total. The first kappa shape index (κ1) is 25.0. The molecule has 182 valence electrons. The summed E-state index contributed by atoms with van der Waals surface area (Å²) >= 11 is 0. The van der Waals surface area contributed by atoms with Crippen molar-refractivity contribution >= 4 is 41.8 Å². The summed E-state index contributed by atoms with van der Waals surface area (Å²) in [5.41, 5.74) is 13.4. The van der Waals surface area contributed by atoms with Crippen LogP contribution in [0.1, 0.15) is 53.5 Å². The molecule has 3 aromatic carbocycles. The van der Waals surface area contributed by atoms with E-state index in [1.54, 1.807) is 31.6 Å². The maximum absolute atomic E-state index is 15.4. The Bertz CT molecular complexity index is 1380. The molecule has 1 aliphatic rings. The normalized spacial score (nSPS) is 16.7. The minimum Gasteiger partial charge on any atom is -0.399 e. The Kier molecular flexibility index (Phi) is 7.39. The largest absolute Gasteiger partial charge is 0.399 e. The summed E-state index contributed by atoms with van der Waals surface area (Å²) in [6.45, 7) is 11.9. The molecule has 5 heteroatoms. The molecule has 0 spiro atoms. The Balaban J connectivity index is 1.74. The zero-order chi connectivity index (χ0) is 25.8. The van der Waals surface area contributed by atoms with E-state index in [2.05, 4.69) is 48.2 Å². The van der Waals surface area contributed by atoms with E-state index in [4.69, 9.17) is 5.73 Å². The molecular formula is C31H31FN4. The smallest absolute Gasteiger partial charge is 0.149 e. The van der Waals surface area contributed by atoms with Crippen molar-refractivity contribution in [3.8, 4) is 0 Å². The highest BCUT2D eigenvalue weighted by molar-refractivity contribution is 5.90. The van der Waals surface area contributed by atoms with Crippen LogP contribution >= 0.6 is 0 Å². The predicted octanol–water partition coefficient (Wildman–Crippen LogP) is 7.65. The highest BCUT2D eigenvalue weighted by Gasteiger charge is 2.27. The molecule has 3 unspecified atom stereocenters. The molecule has 36 heavy (non-hydrogen) atoms. The molecule has 0 aliphatic carbocycles. The fourth-order valence-corrected chi connectivity index (χ4v) is 4.79. The number of allylic oxidation sites excluding steroid dienone is 3. The lowest BCUT2D eigenvalue weighted by Gasteiger charge is -2.25. The Labute approximate surface area is 212 Å². The van der Waals surface area contributed by atoms with Gasteiger partial charge in [-0.2, -0.15) is 0 Å². The number of hydrogen-bond acceptors (Lipinski definition) is 4. The number of fused-ring (bicyclic) bond motifs is 1. The molecular weight excluding hydrogens is 447 g/mol. The summed E-state index contributed by atoms with van der Waals surface area (Å²) in [4.78, 5) is 12.7. The van der Waals surface area contributed by atoms with E-state index in [9.17, 15) is 0 Å². The molecule has 0 radical (unpaired) electrons. The fourth-order valence-electron chi connectivity index (χ4n) is 4.79. The van der Waals surface area contributed by atoms with Crippen LogP contribution in [-0.2, 0) is 0 Å². The fraction of sp³-hybridized carbons (Fsp3) is 0.194. The van der Waals surface area contributed by atoms with Gasteiger partial charge in [-0.15, -0.1) is 0 Å². The van der Waals surface area contributed by atoms with Gasteiger partial charge in [-0.25, -0.2) is 4.39 Å². The van der Waals surface area contributed by atoms with E-state index < -0.39 is 0 Å². The van der Waals surface area contributed by atoms with Crippen LogP contribution in [0.2, 0.25) is 0 Å². The van der Waals surface area contributed by atoms with E-state index in [0.717, 1.165) is 39.2 Å². The standard InChI is InChI=1S/C31H31FN4/c1-6-7-26(20(3)19(2)21-10-12-25(33)13-11-21)24-14-27-28(18-36-31(27)29(32)15-24)22-8-9-23(17-34-4)30(16-22)35-5/h6-20,28H,1,5,33H2,2-4H3/b26-7+,34-17?. The van der Waals surface area contributed by atoms with Crippen LogP contribution in [0.25, 0.3) is 5.57 Å². The van der Waals surface area contributed by atoms with Gasteiger partial charge >= 0.3 is 0 Å². The van der Waals surface area contributed by atoms with E-state index in [0.29, 0.717) is 5.69 Å². The van der Waals surface area contributed by atoms with Gasteiger partial charge in [0, 0.05) is 36.6 Å². The molecule has 3 atom stereocenters. The number of halogens is 1. The van der Waals surface area contributed by atoms with Crippen LogP contribution in [0.3, 0.4) is 0 Å². The molecule has 1 heterocycles. The van der Waals surface area contributed by atoms with Gasteiger partial charge in [0.2, 0.25) is 0 Å². The summed E-state index contributed by atoms with van der Waals surface area (Å²) in [5, 5.41) is 0. The summed E-state index contributed by atoms with van der Waals surface area (Å²) in [5.74, 6) is -0.221. The molecule has 1 aliphatic heterocycles. The van der Waals surface area contributed by atoms with Gasteiger partial charge in [-0.1, -0.05) is 56.8 Å². The lowest BCUT2D eigenvalue weighted by Crippen LogP contribution is -2.10. The SMILES string of the molecule is C=C/C=C(/c1cc(F)c2c(c1)C(c1ccc(C=NC)c(N=C)c1)C=N2)C(C)C(C)c1ccc(N)cc1. The van der Waals surface area contributed by atoms with Crippen LogP contribution in [0.4, 0.5) is 21.5 Å². The van der Waals surface area contributed by atoms with Crippen molar-refractivity contribution in [2.75, 3.05) is 12.8 Å². The minimum absolute atomic E-state index is 0.106. The zero-order valence-corrected chi connectivity index (χ0v) is 20.9. The van der Waals surface area contributed by atoms with Gasteiger partial charge in [-0.3, -0.25) is 15.0 Å². The third-order valence-electron chi connectivity index (χ3n) is 6.97. The number of aliphatic imine (C=N–C) groups is 3. The van der Waals surface area contributed by atoms with Crippen LogP contribution in [-0.4, -0.2) is 26.2 Å². The second-order valence-corrected chi connectivity index (χ2v) is 9.12. The molecule has 0 saturated carbocycles. The summed E-state index contributed by atoms with van der Waals surface area (Å²) in [7, 11) is 1.72. The number of rotatable bonds is 8. The van der Waals surface area contributed by atoms with Gasteiger partial charge in [0.1, 0.15) is 11.5 Å². The van der Waals surface area contributed by atoms with Crippen molar-refractivity contribution < 1.29 is 4.39 Å². The second kappa shape index (κ2) is 10.6. The Morgan fingerprint density at radius 3 is 2.53 bits per heavy atom. The predicted molar refractivity (Wildman–Crippen MR) is 152 cm³/mol. The van der Waals surface area contributed by atoms with Crippen molar-refractivity contribution in [3.63, 3.8) is 0 Å². The monoisotopic (exact) mass is 478 g/mol. The van der Waals surface area contributed by atoms with Gasteiger partial charge < -0.3 is 5.73 Å². The maximum Gasteiger partial charge on any atom is 0.149 e. The maximum atomic E-state index is 15.4. The molecule has 4 nitrogen and oxygen atoms in total. The Morgan fingerprint density at radius 1 is 1.11 bits per heavy atom.